The molecule has 3 rings (SSSR count). The van der Waals surface area contributed by atoms with Gasteiger partial charge in [-0.25, -0.2) is 4.68 Å². The number of carbonyl (C=O) groups excluding carboxylic acids is 1. The van der Waals surface area contributed by atoms with E-state index < -0.39 is 0 Å². The number of amides is 1. The monoisotopic (exact) mass is 375 g/mol. The summed E-state index contributed by atoms with van der Waals surface area (Å²) in [6.07, 6.45) is 2.13. The highest BCUT2D eigenvalue weighted by Crippen LogP contribution is 2.24. The first-order valence-corrected chi connectivity index (χ1v) is 9.71. The molecule has 1 unspecified atom stereocenters. The van der Waals surface area contributed by atoms with Crippen molar-refractivity contribution >= 4 is 17.7 Å². The maximum atomic E-state index is 12.0. The van der Waals surface area contributed by atoms with Crippen molar-refractivity contribution in [2.45, 2.75) is 62.6 Å². The van der Waals surface area contributed by atoms with Crippen molar-refractivity contribution in [3.8, 4) is 5.75 Å². The summed E-state index contributed by atoms with van der Waals surface area (Å²) in [5.41, 5.74) is 1.26. The normalized spacial score (nSPS) is 15.1. The fourth-order valence-corrected chi connectivity index (χ4v) is 3.14. The molecule has 0 saturated heterocycles. The largest absolute Gasteiger partial charge is 0.486 e. The molecule has 26 heavy (non-hydrogen) atoms. The molecule has 7 nitrogen and oxygen atoms in total. The Morgan fingerprint density at radius 2 is 2.00 bits per heavy atom. The van der Waals surface area contributed by atoms with Crippen LogP contribution in [-0.4, -0.2) is 32.1 Å². The second-order valence-corrected chi connectivity index (χ2v) is 8.13. The molecule has 2 aromatic rings. The second kappa shape index (κ2) is 7.99. The van der Waals surface area contributed by atoms with Crippen LogP contribution in [0, 0.1) is 0 Å². The fraction of sp³-hybridized carbons (Fsp3) is 0.500. The summed E-state index contributed by atoms with van der Waals surface area (Å²) >= 11 is 1.29. The predicted octanol–water partition coefficient (Wildman–Crippen LogP) is 2.45. The Morgan fingerprint density at radius 1 is 1.31 bits per heavy atom. The molecule has 0 bridgehead atoms. The first-order chi connectivity index (χ1) is 12.4. The molecular formula is C18H25N5O2S. The summed E-state index contributed by atoms with van der Waals surface area (Å²) in [5, 5.41) is 11.3. The van der Waals surface area contributed by atoms with E-state index >= 15 is 0 Å². The summed E-state index contributed by atoms with van der Waals surface area (Å²) in [4.78, 5) is 12.0. The molecule has 1 saturated carbocycles. The van der Waals surface area contributed by atoms with Gasteiger partial charge in [-0.15, -0.1) is 10.2 Å². The lowest BCUT2D eigenvalue weighted by Gasteiger charge is -2.11. The van der Waals surface area contributed by atoms with Gasteiger partial charge in [-0.1, -0.05) is 37.7 Å². The minimum atomic E-state index is -0.278. The minimum absolute atomic E-state index is 0.00328. The maximum Gasteiger partial charge on any atom is 0.233 e. The van der Waals surface area contributed by atoms with Crippen molar-refractivity contribution in [3.63, 3.8) is 0 Å². The average molecular weight is 375 g/mol. The molecule has 3 N–H and O–H groups in total. The lowest BCUT2D eigenvalue weighted by Crippen LogP contribution is -2.32. The van der Waals surface area contributed by atoms with Crippen molar-refractivity contribution in [2.24, 2.45) is 0 Å². The SMILES string of the molecule is CC(Sc1nnc(COc2ccc(C(C)C)cc2)n1N)C(=O)NC1CC1. The number of nitrogens with zero attached hydrogens (tertiary/aromatic N) is 3. The van der Waals surface area contributed by atoms with E-state index in [0.717, 1.165) is 18.6 Å². The average Bonchev–Trinajstić information content (AvgIpc) is 3.37. The highest BCUT2D eigenvalue weighted by atomic mass is 32.2. The van der Waals surface area contributed by atoms with Crippen molar-refractivity contribution in [2.75, 3.05) is 5.84 Å². The number of hydrogen-bond donors (Lipinski definition) is 2. The Morgan fingerprint density at radius 3 is 2.62 bits per heavy atom. The van der Waals surface area contributed by atoms with Crippen LogP contribution in [-0.2, 0) is 11.4 Å². The molecule has 0 radical (unpaired) electrons. The lowest BCUT2D eigenvalue weighted by molar-refractivity contribution is -0.120. The molecule has 1 aliphatic rings. The number of benzene rings is 1. The smallest absolute Gasteiger partial charge is 0.233 e. The Bertz CT molecular complexity index is 755. The number of thioether (sulfide) groups is 1. The van der Waals surface area contributed by atoms with Gasteiger partial charge in [0.15, 0.2) is 5.82 Å². The van der Waals surface area contributed by atoms with Crippen molar-refractivity contribution in [3.05, 3.63) is 35.7 Å². The van der Waals surface area contributed by atoms with Crippen LogP contribution in [0.5, 0.6) is 5.75 Å². The topological polar surface area (TPSA) is 95.1 Å². The molecule has 1 atom stereocenters. The molecule has 1 fully saturated rings. The lowest BCUT2D eigenvalue weighted by atomic mass is 10.0. The first kappa shape index (κ1) is 18.6. The van der Waals surface area contributed by atoms with Crippen LogP contribution < -0.4 is 15.9 Å². The maximum absolute atomic E-state index is 12.0. The predicted molar refractivity (Wildman–Crippen MR) is 102 cm³/mol. The Balaban J connectivity index is 1.55. The second-order valence-electron chi connectivity index (χ2n) is 6.82. The number of nitrogens with two attached hydrogens (primary N) is 1. The van der Waals surface area contributed by atoms with E-state index in [1.807, 2.05) is 19.1 Å². The van der Waals surface area contributed by atoms with Gasteiger partial charge in [0.05, 0.1) is 5.25 Å². The Labute approximate surface area is 157 Å². The van der Waals surface area contributed by atoms with Gasteiger partial charge < -0.3 is 15.9 Å². The van der Waals surface area contributed by atoms with Crippen LogP contribution in [0.1, 0.15) is 50.9 Å². The molecule has 8 heteroatoms. The van der Waals surface area contributed by atoms with Gasteiger partial charge in [-0.05, 0) is 43.4 Å². The van der Waals surface area contributed by atoms with E-state index in [9.17, 15) is 4.79 Å². The van der Waals surface area contributed by atoms with E-state index in [1.54, 1.807) is 0 Å². The summed E-state index contributed by atoms with van der Waals surface area (Å²) in [7, 11) is 0. The van der Waals surface area contributed by atoms with E-state index in [1.165, 1.54) is 22.0 Å². The minimum Gasteiger partial charge on any atom is -0.486 e. The Kier molecular flexibility index (Phi) is 5.70. The molecule has 0 spiro atoms. The Hall–Kier alpha value is -2.22. The zero-order valence-corrected chi connectivity index (χ0v) is 16.1. The first-order valence-electron chi connectivity index (χ1n) is 8.83. The summed E-state index contributed by atoms with van der Waals surface area (Å²) in [6.45, 7) is 6.35. The van der Waals surface area contributed by atoms with Crippen LogP contribution in [0.15, 0.2) is 29.4 Å². The quantitative estimate of drug-likeness (QED) is 0.544. The van der Waals surface area contributed by atoms with Crippen LogP contribution >= 0.6 is 11.8 Å². The molecule has 0 aliphatic heterocycles. The van der Waals surface area contributed by atoms with Gasteiger partial charge >= 0.3 is 0 Å². The van der Waals surface area contributed by atoms with Gasteiger partial charge in [0, 0.05) is 6.04 Å². The van der Waals surface area contributed by atoms with Gasteiger partial charge in [-0.3, -0.25) is 4.79 Å². The third-order valence-corrected chi connectivity index (χ3v) is 5.28. The van der Waals surface area contributed by atoms with Gasteiger partial charge in [0.2, 0.25) is 11.1 Å². The third-order valence-electron chi connectivity index (χ3n) is 4.22. The molecule has 1 aromatic heterocycles. The number of nitrogens with one attached hydrogen (secondary N) is 1. The number of rotatable bonds is 8. The van der Waals surface area contributed by atoms with E-state index in [0.29, 0.717) is 22.9 Å². The molecule has 1 aromatic carbocycles. The molecule has 1 aliphatic carbocycles. The number of carbonyl (C=O) groups is 1. The molecule has 140 valence electrons. The van der Waals surface area contributed by atoms with Gasteiger partial charge in [0.25, 0.3) is 0 Å². The molecule has 1 heterocycles. The van der Waals surface area contributed by atoms with Gasteiger partial charge in [-0.2, -0.15) is 0 Å². The number of aromatic nitrogens is 3. The van der Waals surface area contributed by atoms with Crippen LogP contribution in [0.2, 0.25) is 0 Å². The van der Waals surface area contributed by atoms with Crippen LogP contribution in [0.3, 0.4) is 0 Å². The summed E-state index contributed by atoms with van der Waals surface area (Å²) in [5.74, 6) is 7.80. The zero-order chi connectivity index (χ0) is 18.7. The highest BCUT2D eigenvalue weighted by molar-refractivity contribution is 8.00. The van der Waals surface area contributed by atoms with E-state index in [2.05, 4.69) is 41.5 Å². The standard InChI is InChI=1S/C18H25N5O2S/c1-11(2)13-4-8-15(9-5-13)25-10-16-21-22-18(23(16)19)26-12(3)17(24)20-14-6-7-14/h4-5,8-9,11-12,14H,6-7,10,19H2,1-3H3,(H,20,24). The zero-order valence-electron chi connectivity index (χ0n) is 15.3. The van der Waals surface area contributed by atoms with E-state index in [-0.39, 0.29) is 17.8 Å². The third kappa shape index (κ3) is 4.69. The fourth-order valence-electron chi connectivity index (χ4n) is 2.34. The van der Waals surface area contributed by atoms with Crippen LogP contribution in [0.25, 0.3) is 0 Å². The summed E-state index contributed by atoms with van der Waals surface area (Å²) in [6, 6.07) is 8.31. The van der Waals surface area contributed by atoms with Crippen molar-refractivity contribution in [1.29, 1.82) is 0 Å². The number of hydrogen-bond acceptors (Lipinski definition) is 6. The van der Waals surface area contributed by atoms with Gasteiger partial charge in [0.1, 0.15) is 12.4 Å². The van der Waals surface area contributed by atoms with E-state index in [4.69, 9.17) is 10.6 Å². The van der Waals surface area contributed by atoms with Crippen molar-refractivity contribution in [1.82, 2.24) is 20.2 Å². The molecule has 1 amide bonds. The highest BCUT2D eigenvalue weighted by Gasteiger charge is 2.27. The number of ether oxygens (including phenoxy) is 1. The van der Waals surface area contributed by atoms with Crippen molar-refractivity contribution < 1.29 is 9.53 Å². The van der Waals surface area contributed by atoms with Crippen LogP contribution in [0.4, 0.5) is 0 Å². The summed E-state index contributed by atoms with van der Waals surface area (Å²) < 4.78 is 7.13. The molecular weight excluding hydrogens is 350 g/mol. The number of nitrogen functional groups attached to an aromatic ring is 1.